The summed E-state index contributed by atoms with van der Waals surface area (Å²) in [6, 6.07) is 6.90. The highest BCUT2D eigenvalue weighted by Gasteiger charge is 2.29. The number of nitrogens with zero attached hydrogens (tertiary/aromatic N) is 1. The molecule has 1 atom stereocenters. The first-order valence-corrected chi connectivity index (χ1v) is 9.60. The zero-order valence-corrected chi connectivity index (χ0v) is 14.9. The van der Waals surface area contributed by atoms with Crippen molar-refractivity contribution in [3.8, 4) is 5.75 Å². The molecular formula is C18H25NO4S. The van der Waals surface area contributed by atoms with Crippen LogP contribution in [0.3, 0.4) is 0 Å². The van der Waals surface area contributed by atoms with Crippen LogP contribution in [0.25, 0.3) is 0 Å². The molecule has 0 aliphatic carbocycles. The predicted octanol–water partition coefficient (Wildman–Crippen LogP) is 3.29. The van der Waals surface area contributed by atoms with Crippen LogP contribution in [0.5, 0.6) is 5.75 Å². The van der Waals surface area contributed by atoms with E-state index in [2.05, 4.69) is 6.92 Å². The lowest BCUT2D eigenvalue weighted by Crippen LogP contribution is -2.47. The smallest absolute Gasteiger partial charge is 0.305 e. The minimum Gasteiger partial charge on any atom is -0.494 e. The molecule has 0 spiro atoms. The molecule has 5 nitrogen and oxygen atoms in total. The van der Waals surface area contributed by atoms with Gasteiger partial charge in [0.1, 0.15) is 5.75 Å². The van der Waals surface area contributed by atoms with Crippen molar-refractivity contribution in [3.63, 3.8) is 0 Å². The highest BCUT2D eigenvalue weighted by Crippen LogP contribution is 2.22. The SMILES string of the molecule is CCCCCOc1ccc(C(=O)N2CCSCC2CC(=O)O)cc1. The standard InChI is InChI=1S/C18H25NO4S/c1-2-3-4-10-23-16-7-5-14(6-8-16)18(22)19-9-11-24-13-15(19)12-17(20)21/h5-8,15H,2-4,9-13H2,1H3,(H,20,21). The van der Waals surface area contributed by atoms with Gasteiger partial charge in [-0.25, -0.2) is 0 Å². The molecule has 6 heteroatoms. The Morgan fingerprint density at radius 1 is 1.29 bits per heavy atom. The van der Waals surface area contributed by atoms with Crippen molar-refractivity contribution < 1.29 is 19.4 Å². The van der Waals surface area contributed by atoms with E-state index in [-0.39, 0.29) is 18.4 Å². The maximum Gasteiger partial charge on any atom is 0.305 e. The molecule has 0 aromatic heterocycles. The number of hydrogen-bond donors (Lipinski definition) is 1. The van der Waals surface area contributed by atoms with Crippen molar-refractivity contribution >= 4 is 23.6 Å². The molecule has 1 heterocycles. The Hall–Kier alpha value is -1.69. The van der Waals surface area contributed by atoms with Gasteiger partial charge in [-0.1, -0.05) is 19.8 Å². The highest BCUT2D eigenvalue weighted by molar-refractivity contribution is 7.99. The van der Waals surface area contributed by atoms with Crippen molar-refractivity contribution in [2.45, 2.75) is 38.6 Å². The van der Waals surface area contributed by atoms with Crippen LogP contribution in [0.1, 0.15) is 43.0 Å². The van der Waals surface area contributed by atoms with E-state index in [0.29, 0.717) is 24.5 Å². The average molecular weight is 351 g/mol. The first kappa shape index (κ1) is 18.6. The number of benzene rings is 1. The number of ether oxygens (including phenoxy) is 1. The molecule has 1 unspecified atom stereocenters. The fourth-order valence-corrected chi connectivity index (χ4v) is 3.76. The molecule has 1 aliphatic heterocycles. The van der Waals surface area contributed by atoms with Crippen LogP contribution in [0.15, 0.2) is 24.3 Å². The number of aliphatic carboxylic acids is 1. The van der Waals surface area contributed by atoms with Gasteiger partial charge >= 0.3 is 5.97 Å². The van der Waals surface area contributed by atoms with Gasteiger partial charge in [-0.2, -0.15) is 11.8 Å². The summed E-state index contributed by atoms with van der Waals surface area (Å²) in [5.41, 5.74) is 0.582. The molecule has 1 aromatic carbocycles. The van der Waals surface area contributed by atoms with E-state index in [0.717, 1.165) is 30.8 Å². The third-order valence-electron chi connectivity index (χ3n) is 4.02. The molecule has 1 N–H and O–H groups in total. The minimum absolute atomic E-state index is 0.00262. The summed E-state index contributed by atoms with van der Waals surface area (Å²) in [6.07, 6.45) is 3.33. The summed E-state index contributed by atoms with van der Waals surface area (Å²) < 4.78 is 5.66. The van der Waals surface area contributed by atoms with Crippen molar-refractivity contribution in [2.75, 3.05) is 24.7 Å². The maximum absolute atomic E-state index is 12.7. The number of amides is 1. The van der Waals surface area contributed by atoms with Crippen LogP contribution in [-0.2, 0) is 4.79 Å². The van der Waals surface area contributed by atoms with Gasteiger partial charge in [0.2, 0.25) is 0 Å². The van der Waals surface area contributed by atoms with Crippen LogP contribution in [-0.4, -0.2) is 52.6 Å². The van der Waals surface area contributed by atoms with Gasteiger partial charge in [-0.15, -0.1) is 0 Å². The molecular weight excluding hydrogens is 326 g/mol. The Kier molecular flexibility index (Phi) is 7.43. The fraction of sp³-hybridized carbons (Fsp3) is 0.556. The number of carbonyl (C=O) groups excluding carboxylic acids is 1. The molecule has 0 radical (unpaired) electrons. The van der Waals surface area contributed by atoms with Gasteiger partial charge in [0.15, 0.2) is 0 Å². The van der Waals surface area contributed by atoms with Crippen LogP contribution in [0.4, 0.5) is 0 Å². The summed E-state index contributed by atoms with van der Waals surface area (Å²) in [5.74, 6) is 1.33. The summed E-state index contributed by atoms with van der Waals surface area (Å²) >= 11 is 1.70. The van der Waals surface area contributed by atoms with Crippen molar-refractivity contribution in [1.29, 1.82) is 0 Å². The van der Waals surface area contributed by atoms with Crippen molar-refractivity contribution in [3.05, 3.63) is 29.8 Å². The number of carboxylic acid groups (broad SMARTS) is 1. The second-order valence-electron chi connectivity index (χ2n) is 5.91. The lowest BCUT2D eigenvalue weighted by atomic mass is 10.1. The van der Waals surface area contributed by atoms with Gasteiger partial charge in [-0.3, -0.25) is 9.59 Å². The van der Waals surface area contributed by atoms with Crippen LogP contribution < -0.4 is 4.74 Å². The van der Waals surface area contributed by atoms with Crippen LogP contribution in [0.2, 0.25) is 0 Å². The van der Waals surface area contributed by atoms with E-state index in [4.69, 9.17) is 9.84 Å². The van der Waals surface area contributed by atoms with Crippen LogP contribution >= 0.6 is 11.8 Å². The molecule has 1 amide bonds. The minimum atomic E-state index is -0.865. The van der Waals surface area contributed by atoms with Gasteiger partial charge in [0, 0.05) is 23.6 Å². The summed E-state index contributed by atoms with van der Waals surface area (Å²) in [7, 11) is 0. The van der Waals surface area contributed by atoms with E-state index in [1.807, 2.05) is 12.1 Å². The first-order valence-electron chi connectivity index (χ1n) is 8.45. The number of carbonyl (C=O) groups is 2. The summed E-state index contributed by atoms with van der Waals surface area (Å²) in [5, 5.41) is 9.03. The molecule has 24 heavy (non-hydrogen) atoms. The zero-order valence-electron chi connectivity index (χ0n) is 14.1. The van der Waals surface area contributed by atoms with Gasteiger partial charge in [0.25, 0.3) is 5.91 Å². The molecule has 1 aromatic rings. The monoisotopic (exact) mass is 351 g/mol. The number of hydrogen-bond acceptors (Lipinski definition) is 4. The molecule has 1 aliphatic rings. The third-order valence-corrected chi connectivity index (χ3v) is 5.11. The number of thioether (sulfide) groups is 1. The molecule has 132 valence electrons. The van der Waals surface area contributed by atoms with E-state index in [9.17, 15) is 9.59 Å². The zero-order chi connectivity index (χ0) is 17.4. The molecule has 0 saturated carbocycles. The second kappa shape index (κ2) is 9.57. The summed E-state index contributed by atoms with van der Waals surface area (Å²) in [4.78, 5) is 25.4. The van der Waals surface area contributed by atoms with Crippen LogP contribution in [0, 0.1) is 0 Å². The largest absolute Gasteiger partial charge is 0.494 e. The summed E-state index contributed by atoms with van der Waals surface area (Å²) in [6.45, 7) is 3.43. The third kappa shape index (κ3) is 5.44. The highest BCUT2D eigenvalue weighted by atomic mass is 32.2. The van der Waals surface area contributed by atoms with E-state index in [1.54, 1.807) is 28.8 Å². The van der Waals surface area contributed by atoms with Crippen molar-refractivity contribution in [1.82, 2.24) is 4.90 Å². The Morgan fingerprint density at radius 2 is 2.04 bits per heavy atom. The van der Waals surface area contributed by atoms with E-state index in [1.165, 1.54) is 0 Å². The topological polar surface area (TPSA) is 66.8 Å². The average Bonchev–Trinajstić information content (AvgIpc) is 2.59. The maximum atomic E-state index is 12.7. The Labute approximate surface area is 147 Å². The Morgan fingerprint density at radius 3 is 2.71 bits per heavy atom. The quantitative estimate of drug-likeness (QED) is 0.728. The molecule has 2 rings (SSSR count). The second-order valence-corrected chi connectivity index (χ2v) is 7.05. The lowest BCUT2D eigenvalue weighted by molar-refractivity contribution is -0.138. The van der Waals surface area contributed by atoms with Gasteiger partial charge in [0.05, 0.1) is 19.1 Å². The van der Waals surface area contributed by atoms with E-state index >= 15 is 0 Å². The van der Waals surface area contributed by atoms with Crippen molar-refractivity contribution in [2.24, 2.45) is 0 Å². The van der Waals surface area contributed by atoms with E-state index < -0.39 is 5.97 Å². The van der Waals surface area contributed by atoms with Gasteiger partial charge in [-0.05, 0) is 30.7 Å². The normalized spacial score (nSPS) is 17.5. The Balaban J connectivity index is 1.96. The molecule has 1 saturated heterocycles. The fourth-order valence-electron chi connectivity index (χ4n) is 2.69. The van der Waals surface area contributed by atoms with Gasteiger partial charge < -0.3 is 14.7 Å². The molecule has 1 fully saturated rings. The Bertz CT molecular complexity index is 546. The number of rotatable bonds is 8. The molecule has 0 bridgehead atoms. The predicted molar refractivity (Wildman–Crippen MR) is 95.9 cm³/mol. The number of unbranched alkanes of at least 4 members (excludes halogenated alkanes) is 2. The lowest BCUT2D eigenvalue weighted by Gasteiger charge is -2.34. The first-order chi connectivity index (χ1) is 11.6. The number of carboxylic acids is 1.